The smallest absolute Gasteiger partial charge is 0.246 e. The first-order valence-corrected chi connectivity index (χ1v) is 7.33. The monoisotopic (exact) mass is 304 g/mol. The molecule has 1 aliphatic rings. The maximum absolute atomic E-state index is 5.75. The average molecular weight is 304 g/mol. The normalized spacial score (nSPS) is 22.7. The average Bonchev–Trinajstić information content (AvgIpc) is 2.94. The number of nitrogens with zero attached hydrogens (tertiary/aromatic N) is 4. The highest BCUT2D eigenvalue weighted by molar-refractivity contribution is 5.16. The topological polar surface area (TPSA) is 73.5 Å². The Hall–Kier alpha value is -1.99. The van der Waals surface area contributed by atoms with Gasteiger partial charge in [0, 0.05) is 19.2 Å². The Morgan fingerprint density at radius 1 is 1.36 bits per heavy atom. The van der Waals surface area contributed by atoms with E-state index in [-0.39, 0.29) is 12.1 Å². The van der Waals surface area contributed by atoms with Crippen LogP contribution in [0.25, 0.3) is 0 Å². The maximum Gasteiger partial charge on any atom is 0.246 e. The van der Waals surface area contributed by atoms with Crippen LogP contribution in [0.4, 0.5) is 0 Å². The molecule has 1 saturated heterocycles. The summed E-state index contributed by atoms with van der Waals surface area (Å²) in [5, 5.41) is 3.89. The van der Waals surface area contributed by atoms with Gasteiger partial charge in [-0.3, -0.25) is 4.90 Å². The molecule has 0 bridgehead atoms. The number of rotatable bonds is 4. The first-order chi connectivity index (χ1) is 10.7. The second kappa shape index (κ2) is 6.41. The van der Waals surface area contributed by atoms with E-state index < -0.39 is 0 Å². The van der Waals surface area contributed by atoms with Gasteiger partial charge < -0.3 is 14.0 Å². The van der Waals surface area contributed by atoms with Gasteiger partial charge in [-0.05, 0) is 19.9 Å². The molecule has 3 rings (SSSR count). The molecule has 0 unspecified atom stereocenters. The Morgan fingerprint density at radius 2 is 2.23 bits per heavy atom. The molecule has 0 spiro atoms. The minimum atomic E-state index is -0.0667. The summed E-state index contributed by atoms with van der Waals surface area (Å²) in [6, 6.07) is 5.70. The standard InChI is InChI=1S/C15H20N4O3/c1-10-14(15-16-11(2)18-22-15)19(7-8-21-10)9-12-5-4-6-13(17-12)20-3/h4-6,10,14H,7-9H2,1-3H3/t10-,14+/m1/s1. The first-order valence-electron chi connectivity index (χ1n) is 7.33. The molecule has 7 nitrogen and oxygen atoms in total. The van der Waals surface area contributed by atoms with Gasteiger partial charge in [0.25, 0.3) is 0 Å². The molecule has 2 aromatic heterocycles. The number of ether oxygens (including phenoxy) is 2. The van der Waals surface area contributed by atoms with Crippen LogP contribution in [0, 0.1) is 6.92 Å². The molecular weight excluding hydrogens is 284 g/mol. The molecular formula is C15H20N4O3. The van der Waals surface area contributed by atoms with Crippen LogP contribution in [0.1, 0.15) is 30.4 Å². The van der Waals surface area contributed by atoms with E-state index >= 15 is 0 Å². The van der Waals surface area contributed by atoms with Crippen molar-refractivity contribution in [2.24, 2.45) is 0 Å². The van der Waals surface area contributed by atoms with E-state index in [1.807, 2.05) is 32.0 Å². The van der Waals surface area contributed by atoms with Crippen LogP contribution < -0.4 is 4.74 Å². The number of hydrogen-bond acceptors (Lipinski definition) is 7. The fourth-order valence-electron chi connectivity index (χ4n) is 2.72. The van der Waals surface area contributed by atoms with Crippen LogP contribution in [0.15, 0.2) is 22.7 Å². The van der Waals surface area contributed by atoms with Crippen LogP contribution in [0.5, 0.6) is 5.88 Å². The van der Waals surface area contributed by atoms with Crippen molar-refractivity contribution in [3.63, 3.8) is 0 Å². The van der Waals surface area contributed by atoms with E-state index in [0.29, 0.717) is 30.7 Å². The quantitative estimate of drug-likeness (QED) is 0.851. The second-order valence-electron chi connectivity index (χ2n) is 5.34. The molecule has 0 radical (unpaired) electrons. The van der Waals surface area contributed by atoms with Crippen LogP contribution in [0.2, 0.25) is 0 Å². The van der Waals surface area contributed by atoms with Crippen LogP contribution in [-0.4, -0.2) is 46.4 Å². The number of morpholine rings is 1. The van der Waals surface area contributed by atoms with Crippen molar-refractivity contribution < 1.29 is 14.0 Å². The molecule has 0 N–H and O–H groups in total. The summed E-state index contributed by atoms with van der Waals surface area (Å²) in [5.41, 5.74) is 0.940. The van der Waals surface area contributed by atoms with Crippen molar-refractivity contribution >= 4 is 0 Å². The zero-order valence-corrected chi connectivity index (χ0v) is 13.0. The molecule has 0 aliphatic carbocycles. The predicted molar refractivity (Wildman–Crippen MR) is 78.4 cm³/mol. The van der Waals surface area contributed by atoms with E-state index in [4.69, 9.17) is 14.0 Å². The third kappa shape index (κ3) is 3.10. The Balaban J connectivity index is 1.82. The maximum atomic E-state index is 5.75. The lowest BCUT2D eigenvalue weighted by Gasteiger charge is -2.37. The molecule has 1 aliphatic heterocycles. The largest absolute Gasteiger partial charge is 0.481 e. The lowest BCUT2D eigenvalue weighted by atomic mass is 10.1. The van der Waals surface area contributed by atoms with E-state index in [2.05, 4.69) is 20.0 Å². The molecule has 0 amide bonds. The third-order valence-electron chi connectivity index (χ3n) is 3.75. The molecule has 2 aromatic rings. The lowest BCUT2D eigenvalue weighted by Crippen LogP contribution is -2.44. The highest BCUT2D eigenvalue weighted by Gasteiger charge is 2.35. The molecule has 3 heterocycles. The Labute approximate surface area is 129 Å². The van der Waals surface area contributed by atoms with E-state index in [0.717, 1.165) is 12.2 Å². The van der Waals surface area contributed by atoms with E-state index in [1.54, 1.807) is 7.11 Å². The number of aryl methyl sites for hydroxylation is 1. The summed E-state index contributed by atoms with van der Waals surface area (Å²) in [6.07, 6.45) is -0.0146. The van der Waals surface area contributed by atoms with E-state index in [9.17, 15) is 0 Å². The molecule has 22 heavy (non-hydrogen) atoms. The van der Waals surface area contributed by atoms with E-state index in [1.165, 1.54) is 0 Å². The number of pyridine rings is 1. The molecule has 118 valence electrons. The summed E-state index contributed by atoms with van der Waals surface area (Å²) < 4.78 is 16.3. The minimum absolute atomic E-state index is 0.0146. The van der Waals surface area contributed by atoms with Gasteiger partial charge in [-0.2, -0.15) is 4.98 Å². The fraction of sp³-hybridized carbons (Fsp3) is 0.533. The fourth-order valence-corrected chi connectivity index (χ4v) is 2.72. The van der Waals surface area contributed by atoms with Gasteiger partial charge >= 0.3 is 0 Å². The van der Waals surface area contributed by atoms with Crippen molar-refractivity contribution in [2.45, 2.75) is 32.5 Å². The summed E-state index contributed by atoms with van der Waals surface area (Å²) in [7, 11) is 1.62. The summed E-state index contributed by atoms with van der Waals surface area (Å²) in [4.78, 5) is 11.1. The summed E-state index contributed by atoms with van der Waals surface area (Å²) >= 11 is 0. The molecule has 2 atom stereocenters. The van der Waals surface area contributed by atoms with Gasteiger partial charge in [0.05, 0.1) is 25.5 Å². The van der Waals surface area contributed by atoms with Crippen molar-refractivity contribution in [3.05, 3.63) is 35.6 Å². The lowest BCUT2D eigenvalue weighted by molar-refractivity contribution is -0.0767. The highest BCUT2D eigenvalue weighted by Crippen LogP contribution is 2.29. The Morgan fingerprint density at radius 3 is 2.95 bits per heavy atom. The molecule has 0 aromatic carbocycles. The van der Waals surface area contributed by atoms with Crippen molar-refractivity contribution in [1.82, 2.24) is 20.0 Å². The second-order valence-corrected chi connectivity index (χ2v) is 5.34. The molecule has 7 heteroatoms. The predicted octanol–water partition coefficient (Wildman–Crippen LogP) is 1.74. The molecule has 0 saturated carbocycles. The summed E-state index contributed by atoms with van der Waals surface area (Å²) in [5.74, 6) is 1.84. The number of hydrogen-bond donors (Lipinski definition) is 0. The SMILES string of the molecule is COc1cccc(CN2CCO[C@H](C)[C@H]2c2nc(C)no2)n1. The molecule has 1 fully saturated rings. The van der Waals surface area contributed by atoms with Crippen LogP contribution in [-0.2, 0) is 11.3 Å². The van der Waals surface area contributed by atoms with Gasteiger partial charge in [-0.25, -0.2) is 4.98 Å². The third-order valence-corrected chi connectivity index (χ3v) is 3.75. The zero-order valence-electron chi connectivity index (χ0n) is 13.0. The Bertz CT molecular complexity index is 631. The van der Waals surface area contributed by atoms with Gasteiger partial charge in [0.1, 0.15) is 6.04 Å². The number of methoxy groups -OCH3 is 1. The van der Waals surface area contributed by atoms with Gasteiger partial charge in [-0.15, -0.1) is 0 Å². The Kier molecular flexibility index (Phi) is 4.35. The minimum Gasteiger partial charge on any atom is -0.481 e. The van der Waals surface area contributed by atoms with Crippen molar-refractivity contribution in [3.8, 4) is 5.88 Å². The van der Waals surface area contributed by atoms with Crippen LogP contribution in [0.3, 0.4) is 0 Å². The number of aromatic nitrogens is 3. The zero-order chi connectivity index (χ0) is 15.5. The van der Waals surface area contributed by atoms with Crippen molar-refractivity contribution in [1.29, 1.82) is 0 Å². The van der Waals surface area contributed by atoms with Gasteiger partial charge in [-0.1, -0.05) is 11.2 Å². The van der Waals surface area contributed by atoms with Crippen molar-refractivity contribution in [2.75, 3.05) is 20.3 Å². The van der Waals surface area contributed by atoms with Gasteiger partial charge in [0.15, 0.2) is 5.82 Å². The first kappa shape index (κ1) is 14.9. The van der Waals surface area contributed by atoms with Gasteiger partial charge in [0.2, 0.25) is 11.8 Å². The summed E-state index contributed by atoms with van der Waals surface area (Å²) in [6.45, 7) is 5.98. The van der Waals surface area contributed by atoms with Crippen LogP contribution >= 0.6 is 0 Å². The highest BCUT2D eigenvalue weighted by atomic mass is 16.5.